The van der Waals surface area contributed by atoms with Crippen LogP contribution in [0.25, 0.3) is 5.57 Å². The second kappa shape index (κ2) is 7.69. The highest BCUT2D eigenvalue weighted by molar-refractivity contribution is 5.99. The summed E-state index contributed by atoms with van der Waals surface area (Å²) in [5.41, 5.74) is 2.74. The van der Waals surface area contributed by atoms with E-state index in [1.54, 1.807) is 24.3 Å². The maximum Gasteiger partial charge on any atom is 0.407 e. The van der Waals surface area contributed by atoms with Gasteiger partial charge in [0.2, 0.25) is 0 Å². The van der Waals surface area contributed by atoms with Crippen molar-refractivity contribution in [3.05, 3.63) is 66.0 Å². The molecule has 0 saturated carbocycles. The summed E-state index contributed by atoms with van der Waals surface area (Å²) in [5, 5.41) is 14.1. The van der Waals surface area contributed by atoms with Crippen LogP contribution in [0.1, 0.15) is 12.0 Å². The molecule has 0 radical (unpaired) electrons. The highest BCUT2D eigenvalue weighted by Gasteiger charge is 2.16. The van der Waals surface area contributed by atoms with E-state index in [4.69, 9.17) is 5.11 Å². The summed E-state index contributed by atoms with van der Waals surface area (Å²) in [7, 11) is 0. The normalized spacial score (nSPS) is 13.7. The van der Waals surface area contributed by atoms with E-state index in [2.05, 4.69) is 10.6 Å². The summed E-state index contributed by atoms with van der Waals surface area (Å²) in [6.45, 7) is 0.835. The fourth-order valence-corrected chi connectivity index (χ4v) is 2.72. The zero-order valence-corrected chi connectivity index (χ0v) is 13.9. The number of hydrogen-bond acceptors (Lipinski definition) is 2. The van der Waals surface area contributed by atoms with Crippen LogP contribution in [-0.4, -0.2) is 35.2 Å². The molecular formula is C19H18FN3O3. The van der Waals surface area contributed by atoms with Crippen molar-refractivity contribution in [1.82, 2.24) is 4.90 Å². The lowest BCUT2D eigenvalue weighted by Crippen LogP contribution is -2.33. The summed E-state index contributed by atoms with van der Waals surface area (Å²) < 4.78 is 13.5. The van der Waals surface area contributed by atoms with Gasteiger partial charge in [-0.05, 0) is 41.8 Å². The molecule has 0 aromatic heterocycles. The maximum absolute atomic E-state index is 13.5. The van der Waals surface area contributed by atoms with Gasteiger partial charge < -0.3 is 20.6 Å². The summed E-state index contributed by atoms with van der Waals surface area (Å²) in [5.74, 6) is -0.502. The van der Waals surface area contributed by atoms with Gasteiger partial charge in [0.25, 0.3) is 0 Å². The smallest absolute Gasteiger partial charge is 0.407 e. The minimum atomic E-state index is -0.916. The molecule has 0 unspecified atom stereocenters. The quantitative estimate of drug-likeness (QED) is 0.770. The first-order chi connectivity index (χ1) is 12.5. The molecule has 0 saturated heterocycles. The van der Waals surface area contributed by atoms with Crippen LogP contribution in [0.5, 0.6) is 0 Å². The molecule has 6 nitrogen and oxygen atoms in total. The number of hydrogen-bond donors (Lipinski definition) is 3. The average molecular weight is 355 g/mol. The largest absolute Gasteiger partial charge is 0.465 e. The van der Waals surface area contributed by atoms with E-state index in [1.165, 1.54) is 17.0 Å². The van der Waals surface area contributed by atoms with Crippen molar-refractivity contribution in [3.63, 3.8) is 0 Å². The van der Waals surface area contributed by atoms with Crippen LogP contribution in [0, 0.1) is 5.82 Å². The topological polar surface area (TPSA) is 81.7 Å². The average Bonchev–Trinajstić information content (AvgIpc) is 2.64. The fourth-order valence-electron chi connectivity index (χ4n) is 2.72. The number of carbonyl (C=O) groups excluding carboxylic acids is 1. The minimum Gasteiger partial charge on any atom is -0.465 e. The van der Waals surface area contributed by atoms with Gasteiger partial charge in [-0.2, -0.15) is 0 Å². The molecule has 1 aliphatic rings. The number of halogens is 1. The summed E-state index contributed by atoms with van der Waals surface area (Å²) in [4.78, 5) is 24.2. The molecule has 7 heteroatoms. The molecule has 2 aromatic carbocycles. The van der Waals surface area contributed by atoms with Crippen molar-refractivity contribution in [2.24, 2.45) is 0 Å². The highest BCUT2D eigenvalue weighted by Crippen LogP contribution is 2.24. The number of benzene rings is 2. The number of nitrogens with one attached hydrogen (secondary N) is 2. The Balaban J connectivity index is 1.60. The van der Waals surface area contributed by atoms with Gasteiger partial charge in [-0.3, -0.25) is 0 Å². The molecular weight excluding hydrogens is 337 g/mol. The molecule has 1 heterocycles. The van der Waals surface area contributed by atoms with Crippen LogP contribution in [0.4, 0.5) is 25.4 Å². The number of para-hydroxylation sites is 1. The molecule has 3 rings (SSSR count). The lowest BCUT2D eigenvalue weighted by Gasteiger charge is -2.23. The Hall–Kier alpha value is -3.35. The Bertz CT molecular complexity index is 849. The highest BCUT2D eigenvalue weighted by atomic mass is 19.1. The van der Waals surface area contributed by atoms with Gasteiger partial charge >= 0.3 is 12.1 Å². The third kappa shape index (κ3) is 4.18. The Morgan fingerprint density at radius 1 is 1.04 bits per heavy atom. The molecule has 0 bridgehead atoms. The third-order valence-corrected chi connectivity index (χ3v) is 4.12. The lowest BCUT2D eigenvalue weighted by atomic mass is 9.99. The van der Waals surface area contributed by atoms with E-state index in [1.807, 2.05) is 18.2 Å². The maximum atomic E-state index is 13.5. The van der Waals surface area contributed by atoms with Gasteiger partial charge in [-0.15, -0.1) is 0 Å². The van der Waals surface area contributed by atoms with Gasteiger partial charge in [0, 0.05) is 18.8 Å². The lowest BCUT2D eigenvalue weighted by molar-refractivity contribution is 0.150. The zero-order chi connectivity index (χ0) is 18.5. The van der Waals surface area contributed by atoms with Crippen LogP contribution >= 0.6 is 0 Å². The van der Waals surface area contributed by atoms with E-state index in [9.17, 15) is 14.0 Å². The third-order valence-electron chi connectivity index (χ3n) is 4.12. The Kier molecular flexibility index (Phi) is 5.17. The Morgan fingerprint density at radius 3 is 2.38 bits per heavy atom. The molecule has 0 aliphatic carbocycles. The van der Waals surface area contributed by atoms with Gasteiger partial charge in [0.15, 0.2) is 0 Å². The number of urea groups is 1. The van der Waals surface area contributed by atoms with Crippen molar-refractivity contribution < 1.29 is 19.1 Å². The fraction of sp³-hybridized carbons (Fsp3) is 0.158. The molecule has 0 spiro atoms. The Labute approximate surface area is 149 Å². The van der Waals surface area contributed by atoms with E-state index >= 15 is 0 Å². The van der Waals surface area contributed by atoms with E-state index in [-0.39, 0.29) is 5.69 Å². The summed E-state index contributed by atoms with van der Waals surface area (Å²) in [6, 6.07) is 12.6. The number of carbonyl (C=O) groups is 2. The van der Waals surface area contributed by atoms with Crippen molar-refractivity contribution >= 4 is 29.1 Å². The van der Waals surface area contributed by atoms with Crippen LogP contribution < -0.4 is 10.6 Å². The SMILES string of the molecule is O=C(Nc1ccc(C2=CCN(C(=O)O)CC2)cc1)Nc1ccccc1F. The predicted octanol–water partition coefficient (Wildman–Crippen LogP) is 4.24. The molecule has 2 aromatic rings. The number of rotatable bonds is 3. The first-order valence-electron chi connectivity index (χ1n) is 8.13. The van der Waals surface area contributed by atoms with Gasteiger partial charge in [-0.1, -0.05) is 30.3 Å². The van der Waals surface area contributed by atoms with Crippen molar-refractivity contribution in [2.45, 2.75) is 6.42 Å². The summed E-state index contributed by atoms with van der Waals surface area (Å²) >= 11 is 0. The summed E-state index contributed by atoms with van der Waals surface area (Å²) in [6.07, 6.45) is 1.62. The first kappa shape index (κ1) is 17.5. The standard InChI is InChI=1S/C19H18FN3O3/c20-16-3-1-2-4-17(16)22-18(24)21-15-7-5-13(6-8-15)14-9-11-23(12-10-14)19(25)26/h1-9H,10-12H2,(H,25,26)(H2,21,22,24). The second-order valence-electron chi connectivity index (χ2n) is 5.84. The van der Waals surface area contributed by atoms with Crippen LogP contribution in [0.15, 0.2) is 54.6 Å². The Morgan fingerprint density at radius 2 is 1.77 bits per heavy atom. The molecule has 0 atom stereocenters. The monoisotopic (exact) mass is 355 g/mol. The predicted molar refractivity (Wildman–Crippen MR) is 97.7 cm³/mol. The molecule has 3 N–H and O–H groups in total. The van der Waals surface area contributed by atoms with Crippen molar-refractivity contribution in [3.8, 4) is 0 Å². The van der Waals surface area contributed by atoms with Crippen LogP contribution in [0.2, 0.25) is 0 Å². The van der Waals surface area contributed by atoms with Crippen molar-refractivity contribution in [1.29, 1.82) is 0 Å². The molecule has 134 valence electrons. The molecule has 1 aliphatic heterocycles. The number of amides is 3. The zero-order valence-electron chi connectivity index (χ0n) is 13.9. The van der Waals surface area contributed by atoms with Crippen LogP contribution in [-0.2, 0) is 0 Å². The number of anilines is 2. The van der Waals surface area contributed by atoms with E-state index in [0.717, 1.165) is 11.1 Å². The number of carboxylic acid groups (broad SMARTS) is 1. The van der Waals surface area contributed by atoms with Crippen LogP contribution in [0.3, 0.4) is 0 Å². The van der Waals surface area contributed by atoms with E-state index in [0.29, 0.717) is 25.2 Å². The molecule has 26 heavy (non-hydrogen) atoms. The van der Waals surface area contributed by atoms with Gasteiger partial charge in [-0.25, -0.2) is 14.0 Å². The van der Waals surface area contributed by atoms with E-state index < -0.39 is 17.9 Å². The first-order valence-corrected chi connectivity index (χ1v) is 8.13. The van der Waals surface area contributed by atoms with Gasteiger partial charge in [0.05, 0.1) is 5.69 Å². The minimum absolute atomic E-state index is 0.108. The van der Waals surface area contributed by atoms with Crippen molar-refractivity contribution in [2.75, 3.05) is 23.7 Å². The molecule has 3 amide bonds. The van der Waals surface area contributed by atoms with Gasteiger partial charge in [0.1, 0.15) is 5.82 Å². The second-order valence-corrected chi connectivity index (χ2v) is 5.84. The molecule has 0 fully saturated rings. The number of nitrogens with zero attached hydrogens (tertiary/aromatic N) is 1.